The van der Waals surface area contributed by atoms with Gasteiger partial charge in [0.2, 0.25) is 5.91 Å². The van der Waals surface area contributed by atoms with Crippen LogP contribution in [0, 0.1) is 0 Å². The van der Waals surface area contributed by atoms with E-state index in [0.717, 1.165) is 9.80 Å². The van der Waals surface area contributed by atoms with E-state index in [9.17, 15) is 14.4 Å². The number of hydrogen-bond donors (Lipinski definition) is 1. The van der Waals surface area contributed by atoms with Gasteiger partial charge in [-0.1, -0.05) is 30.0 Å². The predicted molar refractivity (Wildman–Crippen MR) is 93.4 cm³/mol. The third-order valence-corrected chi connectivity index (χ3v) is 4.71. The van der Waals surface area contributed by atoms with Gasteiger partial charge in [-0.25, -0.2) is 9.59 Å². The van der Waals surface area contributed by atoms with Crippen LogP contribution < -0.4 is 5.32 Å². The van der Waals surface area contributed by atoms with Crippen LogP contribution >= 0.6 is 11.8 Å². The fourth-order valence-electron chi connectivity index (χ4n) is 2.45. The van der Waals surface area contributed by atoms with E-state index >= 15 is 0 Å². The summed E-state index contributed by atoms with van der Waals surface area (Å²) in [5.41, 5.74) is 1.05. The summed E-state index contributed by atoms with van der Waals surface area (Å²) in [6.07, 6.45) is 0.290. The molecular formula is C18H19NO5S. The lowest BCUT2D eigenvalue weighted by Gasteiger charge is -2.23. The molecule has 132 valence electrons. The molecular weight excluding hydrogens is 342 g/mol. The Morgan fingerprint density at radius 3 is 2.04 bits per heavy atom. The van der Waals surface area contributed by atoms with Crippen molar-refractivity contribution in [3.8, 4) is 0 Å². The van der Waals surface area contributed by atoms with Gasteiger partial charge in [-0.2, -0.15) is 0 Å². The Balaban J connectivity index is 2.42. The van der Waals surface area contributed by atoms with Gasteiger partial charge in [0.25, 0.3) is 0 Å². The van der Waals surface area contributed by atoms with Crippen LogP contribution in [-0.4, -0.2) is 32.1 Å². The molecule has 1 aromatic carbocycles. The highest BCUT2D eigenvalue weighted by Crippen LogP contribution is 2.39. The van der Waals surface area contributed by atoms with Gasteiger partial charge >= 0.3 is 11.9 Å². The topological polar surface area (TPSA) is 81.7 Å². The largest absolute Gasteiger partial charge is 0.466 e. The number of rotatable bonds is 5. The van der Waals surface area contributed by atoms with E-state index in [1.54, 1.807) is 0 Å². The van der Waals surface area contributed by atoms with E-state index in [2.05, 4.69) is 5.32 Å². The van der Waals surface area contributed by atoms with E-state index in [0.29, 0.717) is 5.70 Å². The Morgan fingerprint density at radius 2 is 1.52 bits per heavy atom. The number of esters is 2. The highest BCUT2D eigenvalue weighted by atomic mass is 32.2. The second-order valence-electron chi connectivity index (χ2n) is 5.29. The zero-order valence-electron chi connectivity index (χ0n) is 14.3. The minimum atomic E-state index is -0.605. The number of ether oxygens (including phenoxy) is 2. The van der Waals surface area contributed by atoms with Crippen LogP contribution in [0.25, 0.3) is 0 Å². The van der Waals surface area contributed by atoms with E-state index in [1.807, 2.05) is 30.3 Å². The third kappa shape index (κ3) is 4.73. The molecule has 0 fully saturated rings. The maximum atomic E-state index is 12.1. The molecule has 0 saturated carbocycles. The summed E-state index contributed by atoms with van der Waals surface area (Å²) in [6, 6.07) is 9.57. The van der Waals surface area contributed by atoms with Crippen molar-refractivity contribution in [3.63, 3.8) is 0 Å². The SMILES string of the molecule is COC(=O)C1=C(C(=O)OC)CC(Sc2ccccc2)=C(NC(C)=O)C1. The third-order valence-electron chi connectivity index (χ3n) is 3.57. The molecule has 0 heterocycles. The number of thioether (sulfide) groups is 1. The lowest BCUT2D eigenvalue weighted by atomic mass is 9.94. The number of amides is 1. The quantitative estimate of drug-likeness (QED) is 0.812. The van der Waals surface area contributed by atoms with Crippen LogP contribution in [-0.2, 0) is 23.9 Å². The van der Waals surface area contributed by atoms with Gasteiger partial charge in [-0.15, -0.1) is 0 Å². The summed E-state index contributed by atoms with van der Waals surface area (Å²) in [5, 5.41) is 2.76. The molecule has 6 nitrogen and oxygen atoms in total. The van der Waals surface area contributed by atoms with Crippen molar-refractivity contribution >= 4 is 29.6 Å². The van der Waals surface area contributed by atoms with Gasteiger partial charge in [-0.05, 0) is 12.1 Å². The Labute approximate surface area is 150 Å². The van der Waals surface area contributed by atoms with Gasteiger partial charge in [0.1, 0.15) is 0 Å². The summed E-state index contributed by atoms with van der Waals surface area (Å²) in [4.78, 5) is 37.5. The zero-order valence-corrected chi connectivity index (χ0v) is 15.1. The summed E-state index contributed by atoms with van der Waals surface area (Å²) in [7, 11) is 2.52. The molecule has 0 bridgehead atoms. The van der Waals surface area contributed by atoms with Crippen molar-refractivity contribution in [1.82, 2.24) is 5.32 Å². The zero-order chi connectivity index (χ0) is 18.4. The predicted octanol–water partition coefficient (Wildman–Crippen LogP) is 2.56. The molecule has 0 aromatic heterocycles. The minimum absolute atomic E-state index is 0.103. The Kier molecular flexibility index (Phi) is 6.41. The number of carbonyl (C=O) groups excluding carboxylic acids is 3. The first-order valence-electron chi connectivity index (χ1n) is 7.57. The first kappa shape index (κ1) is 18.8. The molecule has 1 amide bonds. The Morgan fingerprint density at radius 1 is 0.960 bits per heavy atom. The number of benzene rings is 1. The molecule has 7 heteroatoms. The number of hydrogen-bond acceptors (Lipinski definition) is 6. The van der Waals surface area contributed by atoms with Crippen molar-refractivity contribution in [2.45, 2.75) is 24.7 Å². The van der Waals surface area contributed by atoms with E-state index in [1.165, 1.54) is 32.9 Å². The van der Waals surface area contributed by atoms with Gasteiger partial charge in [-0.3, -0.25) is 4.79 Å². The normalized spacial score (nSPS) is 14.2. The lowest BCUT2D eigenvalue weighted by molar-refractivity contribution is -0.139. The monoisotopic (exact) mass is 361 g/mol. The van der Waals surface area contributed by atoms with Gasteiger partial charge in [0, 0.05) is 35.3 Å². The fraction of sp³-hybridized carbons (Fsp3) is 0.278. The van der Waals surface area contributed by atoms with Crippen molar-refractivity contribution < 1.29 is 23.9 Å². The maximum absolute atomic E-state index is 12.1. The first-order chi connectivity index (χ1) is 12.0. The highest BCUT2D eigenvalue weighted by molar-refractivity contribution is 8.03. The second-order valence-corrected chi connectivity index (χ2v) is 6.46. The van der Waals surface area contributed by atoms with Crippen molar-refractivity contribution in [3.05, 3.63) is 52.1 Å². The van der Waals surface area contributed by atoms with Gasteiger partial charge < -0.3 is 14.8 Å². The molecule has 25 heavy (non-hydrogen) atoms. The highest BCUT2D eigenvalue weighted by Gasteiger charge is 2.30. The molecule has 0 saturated heterocycles. The lowest BCUT2D eigenvalue weighted by Crippen LogP contribution is -2.27. The molecule has 0 aliphatic heterocycles. The molecule has 0 radical (unpaired) electrons. The Hall–Kier alpha value is -2.54. The van der Waals surface area contributed by atoms with Crippen LogP contribution in [0.3, 0.4) is 0 Å². The molecule has 1 aliphatic carbocycles. The molecule has 2 rings (SSSR count). The van der Waals surface area contributed by atoms with E-state index in [4.69, 9.17) is 9.47 Å². The molecule has 0 atom stereocenters. The van der Waals surface area contributed by atoms with Crippen LogP contribution in [0.15, 0.2) is 57.0 Å². The average Bonchev–Trinajstić information content (AvgIpc) is 2.61. The van der Waals surface area contributed by atoms with Crippen LogP contribution in [0.5, 0.6) is 0 Å². The van der Waals surface area contributed by atoms with Gasteiger partial charge in [0.05, 0.1) is 25.4 Å². The van der Waals surface area contributed by atoms with Gasteiger partial charge in [0.15, 0.2) is 0 Å². The summed E-state index contributed by atoms with van der Waals surface area (Å²) in [5.74, 6) is -1.42. The summed E-state index contributed by atoms with van der Waals surface area (Å²) >= 11 is 1.44. The molecule has 0 spiro atoms. The van der Waals surface area contributed by atoms with E-state index < -0.39 is 11.9 Å². The number of carbonyl (C=O) groups is 3. The smallest absolute Gasteiger partial charge is 0.334 e. The molecule has 0 unspecified atom stereocenters. The molecule has 1 N–H and O–H groups in total. The molecule has 1 aromatic rings. The number of nitrogens with one attached hydrogen (secondary N) is 1. The van der Waals surface area contributed by atoms with Crippen LogP contribution in [0.1, 0.15) is 19.8 Å². The minimum Gasteiger partial charge on any atom is -0.466 e. The fourth-order valence-corrected chi connectivity index (χ4v) is 3.49. The second kappa shape index (κ2) is 8.53. The Bertz CT molecular complexity index is 752. The summed E-state index contributed by atoms with van der Waals surface area (Å²) in [6.45, 7) is 1.40. The standard InChI is InChI=1S/C18H19NO5S/c1-11(20)19-15-9-13(17(21)23-2)14(18(22)24-3)10-16(15)25-12-7-5-4-6-8-12/h4-8H,9-10H2,1-3H3,(H,19,20). The number of methoxy groups -OCH3 is 2. The maximum Gasteiger partial charge on any atom is 0.334 e. The van der Waals surface area contributed by atoms with Crippen molar-refractivity contribution in [2.75, 3.05) is 14.2 Å². The summed E-state index contributed by atoms with van der Waals surface area (Å²) < 4.78 is 9.58. The van der Waals surface area contributed by atoms with Crippen molar-refractivity contribution in [1.29, 1.82) is 0 Å². The van der Waals surface area contributed by atoms with E-state index in [-0.39, 0.29) is 29.9 Å². The van der Waals surface area contributed by atoms with Crippen LogP contribution in [0.2, 0.25) is 0 Å². The van der Waals surface area contributed by atoms with Crippen LogP contribution in [0.4, 0.5) is 0 Å². The average molecular weight is 361 g/mol. The number of allylic oxidation sites excluding steroid dienone is 2. The van der Waals surface area contributed by atoms with Crippen molar-refractivity contribution in [2.24, 2.45) is 0 Å². The molecule has 1 aliphatic rings. The first-order valence-corrected chi connectivity index (χ1v) is 8.39.